The fourth-order valence-electron chi connectivity index (χ4n) is 2.38. The van der Waals surface area contributed by atoms with E-state index in [2.05, 4.69) is 27.0 Å². The van der Waals surface area contributed by atoms with Gasteiger partial charge in [0, 0.05) is 17.2 Å². The normalized spacial score (nSPS) is 22.0. The minimum Gasteiger partial charge on any atom is -0.444 e. The molecule has 5 nitrogen and oxygen atoms in total. The first-order chi connectivity index (χ1) is 9.81. The monoisotopic (exact) mass is 351 g/mol. The van der Waals surface area contributed by atoms with Gasteiger partial charge >= 0.3 is 6.09 Å². The molecule has 1 aromatic heterocycles. The second-order valence-corrected chi connectivity index (χ2v) is 6.96. The average molecular weight is 352 g/mol. The molecule has 1 amide bonds. The number of pyridine rings is 1. The molecule has 2 unspecified atom stereocenters. The predicted octanol–water partition coefficient (Wildman–Crippen LogP) is 3.67. The second kappa shape index (κ2) is 6.02. The molecule has 0 radical (unpaired) electrons. The van der Waals surface area contributed by atoms with E-state index in [9.17, 15) is 10.1 Å². The minimum atomic E-state index is -0.556. The number of nitriles is 1. The van der Waals surface area contributed by atoms with Crippen LogP contribution in [0.4, 0.5) is 4.79 Å². The topological polar surface area (TPSA) is 66.2 Å². The summed E-state index contributed by atoms with van der Waals surface area (Å²) in [6.45, 7) is 6.00. The Hall–Kier alpha value is -1.61. The molecule has 1 saturated heterocycles. The summed E-state index contributed by atoms with van der Waals surface area (Å²) in [6, 6.07) is 5.62. The zero-order valence-electron chi connectivity index (χ0n) is 12.3. The number of carbonyl (C=O) groups excluding carboxylic acids is 1. The number of hydrogen-bond acceptors (Lipinski definition) is 4. The Morgan fingerprint density at radius 3 is 2.76 bits per heavy atom. The summed E-state index contributed by atoms with van der Waals surface area (Å²) < 4.78 is 6.29. The van der Waals surface area contributed by atoms with Crippen LogP contribution >= 0.6 is 15.9 Å². The molecule has 112 valence electrons. The molecule has 0 aromatic carbocycles. The maximum absolute atomic E-state index is 12.3. The van der Waals surface area contributed by atoms with E-state index in [1.165, 1.54) is 0 Å². The molecule has 1 aliphatic heterocycles. The van der Waals surface area contributed by atoms with Gasteiger partial charge in [0.2, 0.25) is 0 Å². The molecule has 0 bridgehead atoms. The Bertz CT molecular complexity index is 560. The molecule has 0 spiro atoms. The van der Waals surface area contributed by atoms with Crippen molar-refractivity contribution in [2.24, 2.45) is 5.92 Å². The van der Waals surface area contributed by atoms with Crippen LogP contribution in [0.2, 0.25) is 0 Å². The standard InChI is InChI=1S/C15H18BrN3O2/c1-15(2,3)21-14(20)19-7-6-10(8-17)13(19)12-5-4-11(16)9-18-12/h4-5,9-10,13H,6-7H2,1-3H3. The van der Waals surface area contributed by atoms with E-state index in [1.807, 2.05) is 32.9 Å². The number of halogens is 1. The van der Waals surface area contributed by atoms with E-state index >= 15 is 0 Å². The van der Waals surface area contributed by atoms with Crippen molar-refractivity contribution in [3.63, 3.8) is 0 Å². The fourth-order valence-corrected chi connectivity index (χ4v) is 2.62. The summed E-state index contributed by atoms with van der Waals surface area (Å²) >= 11 is 3.34. The Kier molecular flexibility index (Phi) is 4.52. The Morgan fingerprint density at radius 2 is 2.24 bits per heavy atom. The molecule has 21 heavy (non-hydrogen) atoms. The maximum Gasteiger partial charge on any atom is 0.410 e. The average Bonchev–Trinajstić information content (AvgIpc) is 2.81. The van der Waals surface area contributed by atoms with Crippen LogP contribution in [0.1, 0.15) is 38.9 Å². The molecule has 1 fully saturated rings. The first-order valence-corrected chi connectivity index (χ1v) is 7.62. The largest absolute Gasteiger partial charge is 0.444 e. The molecule has 6 heteroatoms. The lowest BCUT2D eigenvalue weighted by Crippen LogP contribution is -2.37. The smallest absolute Gasteiger partial charge is 0.410 e. The highest BCUT2D eigenvalue weighted by atomic mass is 79.9. The van der Waals surface area contributed by atoms with Crippen molar-refractivity contribution in [2.45, 2.75) is 38.8 Å². The van der Waals surface area contributed by atoms with Crippen molar-refractivity contribution in [1.82, 2.24) is 9.88 Å². The number of amides is 1. The number of likely N-dealkylation sites (tertiary alicyclic amines) is 1. The molecule has 1 aromatic rings. The molecule has 0 N–H and O–H groups in total. The fraction of sp³-hybridized carbons (Fsp3) is 0.533. The number of hydrogen-bond donors (Lipinski definition) is 0. The third-order valence-electron chi connectivity index (χ3n) is 3.25. The number of rotatable bonds is 1. The third kappa shape index (κ3) is 3.73. The van der Waals surface area contributed by atoms with E-state index in [4.69, 9.17) is 4.74 Å². The summed E-state index contributed by atoms with van der Waals surface area (Å²) in [5.74, 6) is -0.258. The second-order valence-electron chi connectivity index (χ2n) is 6.04. The van der Waals surface area contributed by atoms with Crippen LogP contribution in [-0.2, 0) is 4.74 Å². The molecule has 2 rings (SSSR count). The van der Waals surface area contributed by atoms with Crippen LogP contribution in [0.5, 0.6) is 0 Å². The van der Waals surface area contributed by atoms with Gasteiger partial charge in [-0.25, -0.2) is 4.79 Å². The number of ether oxygens (including phenoxy) is 1. The van der Waals surface area contributed by atoms with Gasteiger partial charge in [-0.05, 0) is 55.3 Å². The summed E-state index contributed by atoms with van der Waals surface area (Å²) in [5.41, 5.74) is 0.160. The summed E-state index contributed by atoms with van der Waals surface area (Å²) in [5, 5.41) is 9.32. The van der Waals surface area contributed by atoms with Crippen LogP contribution < -0.4 is 0 Å². The van der Waals surface area contributed by atoms with Gasteiger partial charge in [0.15, 0.2) is 0 Å². The highest BCUT2D eigenvalue weighted by Crippen LogP contribution is 2.37. The van der Waals surface area contributed by atoms with Gasteiger partial charge in [0.1, 0.15) is 5.60 Å². The number of carbonyl (C=O) groups is 1. The van der Waals surface area contributed by atoms with Crippen molar-refractivity contribution >= 4 is 22.0 Å². The summed E-state index contributed by atoms with van der Waals surface area (Å²) in [6.07, 6.45) is 1.92. The molecule has 2 atom stereocenters. The van der Waals surface area contributed by atoms with E-state index in [-0.39, 0.29) is 12.0 Å². The van der Waals surface area contributed by atoms with Crippen molar-refractivity contribution in [2.75, 3.05) is 6.54 Å². The molecular formula is C15H18BrN3O2. The van der Waals surface area contributed by atoms with Crippen molar-refractivity contribution < 1.29 is 9.53 Å². The van der Waals surface area contributed by atoms with E-state index in [0.29, 0.717) is 18.7 Å². The predicted molar refractivity (Wildman–Crippen MR) is 81.3 cm³/mol. The molecule has 1 aliphatic rings. The van der Waals surface area contributed by atoms with Crippen LogP contribution in [0.15, 0.2) is 22.8 Å². The maximum atomic E-state index is 12.3. The van der Waals surface area contributed by atoms with Crippen molar-refractivity contribution in [3.8, 4) is 6.07 Å². The lowest BCUT2D eigenvalue weighted by Gasteiger charge is -2.29. The van der Waals surface area contributed by atoms with Crippen LogP contribution in [0, 0.1) is 17.2 Å². The van der Waals surface area contributed by atoms with Gasteiger partial charge in [-0.15, -0.1) is 0 Å². The molecule has 2 heterocycles. The van der Waals surface area contributed by atoms with E-state index in [1.54, 1.807) is 11.1 Å². The van der Waals surface area contributed by atoms with Crippen LogP contribution in [0.3, 0.4) is 0 Å². The first kappa shape index (κ1) is 15.8. The van der Waals surface area contributed by atoms with Gasteiger partial charge in [-0.3, -0.25) is 9.88 Å². The highest BCUT2D eigenvalue weighted by Gasteiger charge is 2.40. The Morgan fingerprint density at radius 1 is 1.52 bits per heavy atom. The summed E-state index contributed by atoms with van der Waals surface area (Å²) in [4.78, 5) is 18.3. The van der Waals surface area contributed by atoms with Crippen molar-refractivity contribution in [3.05, 3.63) is 28.5 Å². The molecule has 0 saturated carbocycles. The van der Waals surface area contributed by atoms with Crippen LogP contribution in [-0.4, -0.2) is 28.1 Å². The minimum absolute atomic E-state index is 0.258. The highest BCUT2D eigenvalue weighted by molar-refractivity contribution is 9.10. The van der Waals surface area contributed by atoms with Gasteiger partial charge in [-0.1, -0.05) is 0 Å². The zero-order valence-corrected chi connectivity index (χ0v) is 13.9. The van der Waals surface area contributed by atoms with Crippen molar-refractivity contribution in [1.29, 1.82) is 5.26 Å². The van der Waals surface area contributed by atoms with Gasteiger partial charge in [-0.2, -0.15) is 5.26 Å². The van der Waals surface area contributed by atoms with Gasteiger partial charge in [0.05, 0.1) is 23.7 Å². The Labute approximate surface area is 133 Å². The van der Waals surface area contributed by atoms with Gasteiger partial charge in [0.25, 0.3) is 0 Å². The van der Waals surface area contributed by atoms with E-state index < -0.39 is 11.7 Å². The van der Waals surface area contributed by atoms with E-state index in [0.717, 1.165) is 4.47 Å². The lowest BCUT2D eigenvalue weighted by atomic mass is 9.99. The molecular weight excluding hydrogens is 334 g/mol. The summed E-state index contributed by atoms with van der Waals surface area (Å²) in [7, 11) is 0. The zero-order chi connectivity index (χ0) is 15.6. The SMILES string of the molecule is CC(C)(C)OC(=O)N1CCC(C#N)C1c1ccc(Br)cn1. The molecule has 0 aliphatic carbocycles. The quantitative estimate of drug-likeness (QED) is 0.774. The van der Waals surface area contributed by atoms with Crippen LogP contribution in [0.25, 0.3) is 0 Å². The Balaban J connectivity index is 2.27. The van der Waals surface area contributed by atoms with Gasteiger partial charge < -0.3 is 4.74 Å². The lowest BCUT2D eigenvalue weighted by molar-refractivity contribution is 0.0211. The number of nitrogens with zero attached hydrogens (tertiary/aromatic N) is 3. The first-order valence-electron chi connectivity index (χ1n) is 6.82. The number of aromatic nitrogens is 1. The third-order valence-corrected chi connectivity index (χ3v) is 3.71.